The summed E-state index contributed by atoms with van der Waals surface area (Å²) in [6, 6.07) is 8.35. The fraction of sp³-hybridized carbons (Fsp3) is 0.588. The van der Waals surface area contributed by atoms with Crippen molar-refractivity contribution in [3.63, 3.8) is 0 Å². The van der Waals surface area contributed by atoms with Crippen molar-refractivity contribution in [3.05, 3.63) is 30.1 Å². The van der Waals surface area contributed by atoms with Gasteiger partial charge < -0.3 is 14.8 Å². The van der Waals surface area contributed by atoms with Crippen LogP contribution in [0, 0.1) is 5.41 Å². The number of aryl methyl sites for hydroxylation is 1. The zero-order valence-corrected chi connectivity index (χ0v) is 14.0. The van der Waals surface area contributed by atoms with E-state index in [0.717, 1.165) is 37.5 Å². The van der Waals surface area contributed by atoms with Gasteiger partial charge in [-0.15, -0.1) is 0 Å². The summed E-state index contributed by atoms with van der Waals surface area (Å²) < 4.78 is 2.29. The second-order valence-corrected chi connectivity index (χ2v) is 6.77. The van der Waals surface area contributed by atoms with Gasteiger partial charge in [-0.2, -0.15) is 0 Å². The lowest BCUT2D eigenvalue weighted by Crippen LogP contribution is -2.37. The lowest BCUT2D eigenvalue weighted by Gasteiger charge is -2.28. The number of rotatable bonds is 7. The van der Waals surface area contributed by atoms with E-state index in [1.165, 1.54) is 5.52 Å². The van der Waals surface area contributed by atoms with E-state index in [2.05, 4.69) is 67.8 Å². The molecule has 4 heteroatoms. The molecule has 1 heterocycles. The summed E-state index contributed by atoms with van der Waals surface area (Å²) >= 11 is 0. The highest BCUT2D eigenvalue weighted by Gasteiger charge is 2.18. The van der Waals surface area contributed by atoms with Gasteiger partial charge in [-0.3, -0.25) is 0 Å². The molecule has 0 aliphatic heterocycles. The highest BCUT2D eigenvalue weighted by Crippen LogP contribution is 2.17. The van der Waals surface area contributed by atoms with Gasteiger partial charge in [0.05, 0.1) is 17.6 Å². The molecule has 0 spiro atoms. The fourth-order valence-electron chi connectivity index (χ4n) is 3.04. The SMILES string of the molecule is CCn1c(CNCC(C)(C)CN(C)C)nc2ccccc21. The molecule has 0 aliphatic carbocycles. The molecule has 116 valence electrons. The molecular weight excluding hydrogens is 260 g/mol. The molecule has 0 atom stereocenters. The highest BCUT2D eigenvalue weighted by atomic mass is 15.1. The number of aromatic nitrogens is 2. The molecule has 0 fully saturated rings. The van der Waals surface area contributed by atoms with E-state index in [4.69, 9.17) is 4.98 Å². The summed E-state index contributed by atoms with van der Waals surface area (Å²) in [7, 11) is 4.25. The van der Waals surface area contributed by atoms with Crippen LogP contribution in [0.4, 0.5) is 0 Å². The van der Waals surface area contributed by atoms with E-state index >= 15 is 0 Å². The Bertz CT molecular complexity index is 583. The van der Waals surface area contributed by atoms with E-state index in [1.807, 2.05) is 6.07 Å². The van der Waals surface area contributed by atoms with Crippen molar-refractivity contribution in [2.75, 3.05) is 27.2 Å². The Labute approximate surface area is 128 Å². The van der Waals surface area contributed by atoms with Crippen molar-refractivity contribution in [2.24, 2.45) is 5.41 Å². The molecule has 2 rings (SSSR count). The zero-order valence-electron chi connectivity index (χ0n) is 14.0. The van der Waals surface area contributed by atoms with Gasteiger partial charge in [0, 0.05) is 19.6 Å². The van der Waals surface area contributed by atoms with E-state index in [1.54, 1.807) is 0 Å². The van der Waals surface area contributed by atoms with Crippen LogP contribution in [0.3, 0.4) is 0 Å². The predicted octanol–water partition coefficient (Wildman–Crippen LogP) is 2.73. The maximum atomic E-state index is 4.75. The zero-order chi connectivity index (χ0) is 15.5. The summed E-state index contributed by atoms with van der Waals surface area (Å²) in [5.74, 6) is 1.12. The summed E-state index contributed by atoms with van der Waals surface area (Å²) in [5, 5.41) is 3.57. The lowest BCUT2D eigenvalue weighted by atomic mass is 9.93. The van der Waals surface area contributed by atoms with Gasteiger partial charge >= 0.3 is 0 Å². The van der Waals surface area contributed by atoms with Gasteiger partial charge in [-0.1, -0.05) is 26.0 Å². The van der Waals surface area contributed by atoms with Crippen molar-refractivity contribution in [1.29, 1.82) is 0 Å². The van der Waals surface area contributed by atoms with Crippen LogP contribution in [-0.4, -0.2) is 41.6 Å². The summed E-state index contributed by atoms with van der Waals surface area (Å²) in [5.41, 5.74) is 2.57. The van der Waals surface area contributed by atoms with Gasteiger partial charge in [-0.25, -0.2) is 4.98 Å². The number of para-hydroxylation sites is 2. The number of imidazole rings is 1. The Hall–Kier alpha value is -1.39. The minimum Gasteiger partial charge on any atom is -0.327 e. The van der Waals surface area contributed by atoms with Gasteiger partial charge in [0.15, 0.2) is 0 Å². The van der Waals surface area contributed by atoms with Crippen LogP contribution >= 0.6 is 0 Å². The fourth-order valence-corrected chi connectivity index (χ4v) is 3.04. The summed E-state index contributed by atoms with van der Waals surface area (Å²) in [6.45, 7) is 10.6. The summed E-state index contributed by atoms with van der Waals surface area (Å²) in [6.07, 6.45) is 0. The number of nitrogens with one attached hydrogen (secondary N) is 1. The maximum absolute atomic E-state index is 4.75. The number of nitrogens with zero attached hydrogens (tertiary/aromatic N) is 3. The van der Waals surface area contributed by atoms with E-state index in [0.29, 0.717) is 0 Å². The first kappa shape index (κ1) is 16.0. The van der Waals surface area contributed by atoms with Crippen molar-refractivity contribution >= 4 is 11.0 Å². The molecular formula is C17H28N4. The number of benzene rings is 1. The van der Waals surface area contributed by atoms with Crippen molar-refractivity contribution in [2.45, 2.75) is 33.9 Å². The quantitative estimate of drug-likeness (QED) is 0.850. The molecule has 2 aromatic rings. The molecule has 1 aromatic heterocycles. The van der Waals surface area contributed by atoms with Crippen LogP contribution in [0.5, 0.6) is 0 Å². The largest absolute Gasteiger partial charge is 0.327 e. The number of fused-ring (bicyclic) bond motifs is 1. The Morgan fingerprint density at radius 3 is 2.62 bits per heavy atom. The average Bonchev–Trinajstić information content (AvgIpc) is 2.74. The molecule has 0 radical (unpaired) electrons. The van der Waals surface area contributed by atoms with Gasteiger partial charge in [-0.05, 0) is 38.6 Å². The van der Waals surface area contributed by atoms with Gasteiger partial charge in [0.25, 0.3) is 0 Å². The monoisotopic (exact) mass is 288 g/mol. The predicted molar refractivity (Wildman–Crippen MR) is 89.4 cm³/mol. The molecule has 1 N–H and O–H groups in total. The molecule has 4 nitrogen and oxygen atoms in total. The Morgan fingerprint density at radius 2 is 1.95 bits per heavy atom. The second-order valence-electron chi connectivity index (χ2n) is 6.77. The van der Waals surface area contributed by atoms with E-state index in [9.17, 15) is 0 Å². The average molecular weight is 288 g/mol. The topological polar surface area (TPSA) is 33.1 Å². The standard InChI is InChI=1S/C17H28N4/c1-6-21-15-10-8-7-9-14(15)19-16(21)11-18-12-17(2,3)13-20(4)5/h7-10,18H,6,11-13H2,1-5H3. The van der Waals surface area contributed by atoms with Crippen LogP contribution in [0.2, 0.25) is 0 Å². The second kappa shape index (κ2) is 6.58. The minimum absolute atomic E-state index is 0.257. The Kier molecular flexibility index (Phi) is 5.01. The third kappa shape index (κ3) is 4.05. The van der Waals surface area contributed by atoms with Crippen LogP contribution < -0.4 is 5.32 Å². The smallest absolute Gasteiger partial charge is 0.123 e. The summed E-state index contributed by atoms with van der Waals surface area (Å²) in [4.78, 5) is 6.99. The lowest BCUT2D eigenvalue weighted by molar-refractivity contribution is 0.231. The molecule has 0 bridgehead atoms. The third-order valence-electron chi connectivity index (χ3n) is 3.68. The van der Waals surface area contributed by atoms with E-state index in [-0.39, 0.29) is 5.41 Å². The maximum Gasteiger partial charge on any atom is 0.123 e. The molecule has 0 unspecified atom stereocenters. The van der Waals surface area contributed by atoms with Crippen molar-refractivity contribution in [3.8, 4) is 0 Å². The van der Waals surface area contributed by atoms with Crippen molar-refractivity contribution in [1.82, 2.24) is 19.8 Å². The Morgan fingerprint density at radius 1 is 1.24 bits per heavy atom. The molecule has 0 saturated heterocycles. The third-order valence-corrected chi connectivity index (χ3v) is 3.68. The minimum atomic E-state index is 0.257. The highest BCUT2D eigenvalue weighted by molar-refractivity contribution is 5.75. The molecule has 0 amide bonds. The first-order chi connectivity index (χ1) is 9.93. The first-order valence-corrected chi connectivity index (χ1v) is 7.72. The molecule has 1 aromatic carbocycles. The molecule has 0 aliphatic rings. The first-order valence-electron chi connectivity index (χ1n) is 7.72. The van der Waals surface area contributed by atoms with Crippen molar-refractivity contribution < 1.29 is 0 Å². The van der Waals surface area contributed by atoms with Gasteiger partial charge in [0.2, 0.25) is 0 Å². The van der Waals surface area contributed by atoms with E-state index < -0.39 is 0 Å². The molecule has 0 saturated carbocycles. The Balaban J connectivity index is 2.03. The van der Waals surface area contributed by atoms with Crippen LogP contribution in [0.15, 0.2) is 24.3 Å². The normalized spacial score (nSPS) is 12.5. The number of hydrogen-bond acceptors (Lipinski definition) is 3. The van der Waals surface area contributed by atoms with Crippen LogP contribution in [-0.2, 0) is 13.1 Å². The molecule has 21 heavy (non-hydrogen) atoms. The number of hydrogen-bond donors (Lipinski definition) is 1. The van der Waals surface area contributed by atoms with Crippen LogP contribution in [0.25, 0.3) is 11.0 Å². The van der Waals surface area contributed by atoms with Crippen LogP contribution in [0.1, 0.15) is 26.6 Å². The van der Waals surface area contributed by atoms with Gasteiger partial charge in [0.1, 0.15) is 5.82 Å².